The Kier molecular flexibility index (Phi) is 5.67. The first kappa shape index (κ1) is 21.1. The standard InChI is InChI=1S/C23H23ClN6OS/c1-2-19-23(31)30(11-14-3-5-17-18(9-14)26-13-27-21(17)25)8-7-29(19)12-16-10-15-4-6-20(24)28-22(15)32-16/h3-6,9-10,13,19H,2,7-8,11-12H2,1H3,(H2,25,26,27). The summed E-state index contributed by atoms with van der Waals surface area (Å²) in [5.74, 6) is 0.638. The van der Waals surface area contributed by atoms with Gasteiger partial charge in [-0.25, -0.2) is 15.0 Å². The maximum Gasteiger partial charge on any atom is 0.240 e. The molecule has 0 radical (unpaired) electrons. The molecule has 0 bridgehead atoms. The third kappa shape index (κ3) is 4.01. The van der Waals surface area contributed by atoms with Gasteiger partial charge in [0.2, 0.25) is 5.91 Å². The van der Waals surface area contributed by atoms with Gasteiger partial charge in [-0.3, -0.25) is 9.69 Å². The fourth-order valence-electron chi connectivity index (χ4n) is 4.33. The van der Waals surface area contributed by atoms with Gasteiger partial charge in [0.05, 0.1) is 11.6 Å². The molecule has 1 unspecified atom stereocenters. The van der Waals surface area contributed by atoms with Crippen LogP contribution in [0.25, 0.3) is 21.1 Å². The second kappa shape index (κ2) is 8.61. The van der Waals surface area contributed by atoms with Crippen LogP contribution in [0, 0.1) is 0 Å². The van der Waals surface area contributed by atoms with Crippen molar-refractivity contribution >= 4 is 55.8 Å². The number of amides is 1. The topological polar surface area (TPSA) is 88.2 Å². The molecule has 1 aromatic carbocycles. The summed E-state index contributed by atoms with van der Waals surface area (Å²) in [5.41, 5.74) is 7.77. The molecule has 0 saturated carbocycles. The van der Waals surface area contributed by atoms with Gasteiger partial charge in [-0.15, -0.1) is 11.3 Å². The highest BCUT2D eigenvalue weighted by Crippen LogP contribution is 2.28. The third-order valence-electron chi connectivity index (χ3n) is 5.95. The number of aromatic nitrogens is 3. The molecule has 2 N–H and O–H groups in total. The number of carbonyl (C=O) groups is 1. The molecular weight excluding hydrogens is 444 g/mol. The average Bonchev–Trinajstić information content (AvgIpc) is 3.17. The number of hydrogen-bond acceptors (Lipinski definition) is 7. The number of rotatable bonds is 5. The van der Waals surface area contributed by atoms with Gasteiger partial charge in [0.1, 0.15) is 22.1 Å². The Morgan fingerprint density at radius 3 is 2.88 bits per heavy atom. The van der Waals surface area contributed by atoms with E-state index in [-0.39, 0.29) is 11.9 Å². The molecule has 1 aliphatic rings. The van der Waals surface area contributed by atoms with Crippen LogP contribution in [0.1, 0.15) is 23.8 Å². The molecule has 4 heterocycles. The van der Waals surface area contributed by atoms with Crippen LogP contribution in [0.4, 0.5) is 5.82 Å². The highest BCUT2D eigenvalue weighted by Gasteiger charge is 2.33. The van der Waals surface area contributed by atoms with Crippen LogP contribution in [0.5, 0.6) is 0 Å². The maximum atomic E-state index is 13.3. The van der Waals surface area contributed by atoms with E-state index in [9.17, 15) is 4.79 Å². The first-order valence-electron chi connectivity index (χ1n) is 10.6. The van der Waals surface area contributed by atoms with Crippen LogP contribution in [0.15, 0.2) is 42.7 Å². The number of pyridine rings is 1. The van der Waals surface area contributed by atoms with Gasteiger partial charge in [-0.1, -0.05) is 24.6 Å². The number of nitrogens with zero attached hydrogens (tertiary/aromatic N) is 5. The Hall–Kier alpha value is -2.81. The van der Waals surface area contributed by atoms with E-state index in [1.54, 1.807) is 11.3 Å². The molecule has 32 heavy (non-hydrogen) atoms. The zero-order valence-electron chi connectivity index (χ0n) is 17.7. The van der Waals surface area contributed by atoms with Crippen molar-refractivity contribution < 1.29 is 4.79 Å². The van der Waals surface area contributed by atoms with Gasteiger partial charge < -0.3 is 10.6 Å². The van der Waals surface area contributed by atoms with Crippen LogP contribution in [-0.4, -0.2) is 49.8 Å². The van der Waals surface area contributed by atoms with E-state index in [4.69, 9.17) is 17.3 Å². The van der Waals surface area contributed by atoms with Crippen molar-refractivity contribution in [2.75, 3.05) is 18.8 Å². The van der Waals surface area contributed by atoms with Crippen molar-refractivity contribution in [3.63, 3.8) is 0 Å². The minimum atomic E-state index is -0.135. The number of benzene rings is 1. The lowest BCUT2D eigenvalue weighted by molar-refractivity contribution is -0.143. The lowest BCUT2D eigenvalue weighted by Gasteiger charge is -2.40. The van der Waals surface area contributed by atoms with Gasteiger partial charge in [0.25, 0.3) is 0 Å². The van der Waals surface area contributed by atoms with E-state index < -0.39 is 0 Å². The number of anilines is 1. The normalized spacial score (nSPS) is 17.5. The van der Waals surface area contributed by atoms with Crippen LogP contribution < -0.4 is 5.73 Å². The summed E-state index contributed by atoms with van der Waals surface area (Å²) < 4.78 is 0. The molecule has 5 rings (SSSR count). The largest absolute Gasteiger partial charge is 0.383 e. The third-order valence-corrected chi connectivity index (χ3v) is 7.19. The van der Waals surface area contributed by atoms with Crippen molar-refractivity contribution in [2.24, 2.45) is 0 Å². The lowest BCUT2D eigenvalue weighted by Crippen LogP contribution is -2.55. The molecule has 1 aliphatic heterocycles. The molecule has 9 heteroatoms. The Balaban J connectivity index is 1.31. The van der Waals surface area contributed by atoms with Crippen LogP contribution >= 0.6 is 22.9 Å². The molecule has 0 aliphatic carbocycles. The number of carbonyl (C=O) groups excluding carboxylic acids is 1. The molecule has 1 atom stereocenters. The number of nitrogens with two attached hydrogens (primary N) is 1. The summed E-state index contributed by atoms with van der Waals surface area (Å²) in [7, 11) is 0. The maximum absolute atomic E-state index is 13.3. The SMILES string of the molecule is CCC1C(=O)N(Cc2ccc3c(N)ncnc3c2)CCN1Cc1cc2ccc(Cl)nc2s1. The van der Waals surface area contributed by atoms with Gasteiger partial charge in [-0.05, 0) is 42.3 Å². The second-order valence-corrected chi connectivity index (χ2v) is 9.51. The number of thiophene rings is 1. The molecular formula is C23H23ClN6OS. The fraction of sp³-hybridized carbons (Fsp3) is 0.304. The van der Waals surface area contributed by atoms with Crippen LogP contribution in [0.3, 0.4) is 0 Å². The van der Waals surface area contributed by atoms with Crippen molar-refractivity contribution in [3.05, 3.63) is 58.3 Å². The lowest BCUT2D eigenvalue weighted by atomic mass is 10.1. The average molecular weight is 467 g/mol. The summed E-state index contributed by atoms with van der Waals surface area (Å²) in [6.45, 7) is 4.89. The summed E-state index contributed by atoms with van der Waals surface area (Å²) in [6.07, 6.45) is 2.24. The molecule has 1 amide bonds. The van der Waals surface area contributed by atoms with Crippen molar-refractivity contribution in [3.8, 4) is 0 Å². The highest BCUT2D eigenvalue weighted by atomic mass is 35.5. The minimum Gasteiger partial charge on any atom is -0.383 e. The van der Waals surface area contributed by atoms with Crippen LogP contribution in [-0.2, 0) is 17.9 Å². The van der Waals surface area contributed by atoms with Gasteiger partial charge in [-0.2, -0.15) is 0 Å². The number of halogens is 1. The van der Waals surface area contributed by atoms with Gasteiger partial charge in [0.15, 0.2) is 0 Å². The number of fused-ring (bicyclic) bond motifs is 2. The van der Waals surface area contributed by atoms with Crippen molar-refractivity contribution in [1.29, 1.82) is 0 Å². The summed E-state index contributed by atoms with van der Waals surface area (Å²) in [6, 6.07) is 11.7. The highest BCUT2D eigenvalue weighted by molar-refractivity contribution is 7.18. The quantitative estimate of drug-likeness (QED) is 0.445. The summed E-state index contributed by atoms with van der Waals surface area (Å²) in [5, 5.41) is 2.43. The van der Waals surface area contributed by atoms with Crippen LogP contribution in [0.2, 0.25) is 5.15 Å². The smallest absolute Gasteiger partial charge is 0.240 e. The van der Waals surface area contributed by atoms with E-state index in [1.807, 2.05) is 35.2 Å². The molecule has 1 saturated heterocycles. The Bertz CT molecular complexity index is 1310. The van der Waals surface area contributed by atoms with E-state index in [2.05, 4.69) is 32.8 Å². The predicted octanol–water partition coefficient (Wildman–Crippen LogP) is 4.10. The first-order valence-corrected chi connectivity index (χ1v) is 11.8. The van der Waals surface area contributed by atoms with E-state index in [1.165, 1.54) is 11.2 Å². The molecule has 1 fully saturated rings. The van der Waals surface area contributed by atoms with Crippen molar-refractivity contribution in [2.45, 2.75) is 32.5 Å². The minimum absolute atomic E-state index is 0.135. The molecule has 0 spiro atoms. The Morgan fingerprint density at radius 1 is 1.16 bits per heavy atom. The zero-order valence-corrected chi connectivity index (χ0v) is 19.2. The van der Waals surface area contributed by atoms with Gasteiger partial charge >= 0.3 is 0 Å². The fourth-order valence-corrected chi connectivity index (χ4v) is 5.58. The summed E-state index contributed by atoms with van der Waals surface area (Å²) >= 11 is 7.67. The molecule has 3 aromatic heterocycles. The summed E-state index contributed by atoms with van der Waals surface area (Å²) in [4.78, 5) is 32.4. The molecule has 4 aromatic rings. The van der Waals surface area contributed by atoms with E-state index >= 15 is 0 Å². The van der Waals surface area contributed by atoms with E-state index in [0.717, 1.165) is 46.2 Å². The zero-order chi connectivity index (χ0) is 22.2. The monoisotopic (exact) mass is 466 g/mol. The molecule has 164 valence electrons. The Morgan fingerprint density at radius 2 is 2.03 bits per heavy atom. The number of nitrogen functional groups attached to an aromatic ring is 1. The number of hydrogen-bond donors (Lipinski definition) is 1. The molecule has 7 nitrogen and oxygen atoms in total. The number of piperazine rings is 1. The van der Waals surface area contributed by atoms with Crippen molar-refractivity contribution in [1.82, 2.24) is 24.8 Å². The predicted molar refractivity (Wildman–Crippen MR) is 128 cm³/mol. The Labute approximate surface area is 194 Å². The first-order chi connectivity index (χ1) is 15.5. The second-order valence-electron chi connectivity index (χ2n) is 8.01. The van der Waals surface area contributed by atoms with E-state index in [0.29, 0.717) is 24.1 Å². The van der Waals surface area contributed by atoms with Gasteiger partial charge in [0, 0.05) is 41.8 Å².